The number of para-hydroxylation sites is 1. The molecule has 0 aliphatic rings. The summed E-state index contributed by atoms with van der Waals surface area (Å²) < 4.78 is 1.14. The van der Waals surface area contributed by atoms with Gasteiger partial charge in [-0.2, -0.15) is 0 Å². The molecule has 0 radical (unpaired) electrons. The van der Waals surface area contributed by atoms with Crippen molar-refractivity contribution in [3.8, 4) is 11.4 Å². The van der Waals surface area contributed by atoms with E-state index in [0.29, 0.717) is 0 Å². The molecule has 0 bridgehead atoms. The number of hydrogen-bond donors (Lipinski definition) is 1. The average molecular weight is 377 g/mol. The summed E-state index contributed by atoms with van der Waals surface area (Å²) in [6.07, 6.45) is 0.858. The number of imidazole rings is 1. The van der Waals surface area contributed by atoms with Crippen molar-refractivity contribution in [2.24, 2.45) is 0 Å². The summed E-state index contributed by atoms with van der Waals surface area (Å²) in [6.45, 7) is 2.10. The van der Waals surface area contributed by atoms with E-state index in [1.807, 2.05) is 6.07 Å². The molecule has 4 rings (SSSR count). The number of hydrogen-bond acceptors (Lipinski definition) is 1. The quantitative estimate of drug-likeness (QED) is 0.474. The first-order valence-electron chi connectivity index (χ1n) is 7.99. The van der Waals surface area contributed by atoms with Crippen molar-refractivity contribution >= 4 is 27.0 Å². The maximum atomic E-state index is 4.88. The standard InChI is InChI=1S/C21H17BrN2/c1-14-6-4-9-17(12-14)21-23-19-11-5-8-16(20(19)24-21)13-15-7-2-3-10-18(15)22/h2-12H,13H2,1H3,(H,23,24). The Labute approximate surface area is 149 Å². The van der Waals surface area contributed by atoms with Crippen LogP contribution in [-0.2, 0) is 6.42 Å². The van der Waals surface area contributed by atoms with Gasteiger partial charge in [0.25, 0.3) is 0 Å². The van der Waals surface area contributed by atoms with Crippen LogP contribution < -0.4 is 0 Å². The molecule has 1 aromatic heterocycles. The first-order valence-corrected chi connectivity index (χ1v) is 8.78. The molecule has 2 nitrogen and oxygen atoms in total. The fourth-order valence-corrected chi connectivity index (χ4v) is 3.44. The Kier molecular flexibility index (Phi) is 3.95. The summed E-state index contributed by atoms with van der Waals surface area (Å²) in [5.74, 6) is 0.924. The lowest BCUT2D eigenvalue weighted by atomic mass is 10.0. The summed E-state index contributed by atoms with van der Waals surface area (Å²) in [5, 5.41) is 0. The van der Waals surface area contributed by atoms with Crippen molar-refractivity contribution in [2.75, 3.05) is 0 Å². The second-order valence-electron chi connectivity index (χ2n) is 6.04. The second-order valence-corrected chi connectivity index (χ2v) is 6.89. The van der Waals surface area contributed by atoms with Crippen molar-refractivity contribution in [3.63, 3.8) is 0 Å². The van der Waals surface area contributed by atoms with Crippen LogP contribution in [0.2, 0.25) is 0 Å². The Morgan fingerprint density at radius 3 is 2.54 bits per heavy atom. The topological polar surface area (TPSA) is 28.7 Å². The number of rotatable bonds is 3. The van der Waals surface area contributed by atoms with Gasteiger partial charge in [-0.3, -0.25) is 0 Å². The molecule has 0 saturated carbocycles. The molecule has 1 N–H and O–H groups in total. The van der Waals surface area contributed by atoms with E-state index in [-0.39, 0.29) is 0 Å². The normalized spacial score (nSPS) is 11.1. The van der Waals surface area contributed by atoms with Gasteiger partial charge in [-0.1, -0.05) is 70.0 Å². The van der Waals surface area contributed by atoms with Gasteiger partial charge in [0.1, 0.15) is 5.82 Å². The summed E-state index contributed by atoms with van der Waals surface area (Å²) >= 11 is 3.64. The smallest absolute Gasteiger partial charge is 0.138 e. The van der Waals surface area contributed by atoms with Gasteiger partial charge >= 0.3 is 0 Å². The van der Waals surface area contributed by atoms with Crippen molar-refractivity contribution in [3.05, 3.63) is 87.9 Å². The number of benzene rings is 3. The maximum absolute atomic E-state index is 4.88. The van der Waals surface area contributed by atoms with Crippen molar-refractivity contribution in [1.29, 1.82) is 0 Å². The molecule has 4 aromatic rings. The van der Waals surface area contributed by atoms with Crippen LogP contribution in [0.5, 0.6) is 0 Å². The number of nitrogens with zero attached hydrogens (tertiary/aromatic N) is 1. The lowest BCUT2D eigenvalue weighted by Crippen LogP contribution is -1.91. The molecule has 0 aliphatic carbocycles. The van der Waals surface area contributed by atoms with Crippen LogP contribution in [0.15, 0.2) is 71.2 Å². The Bertz CT molecular complexity index is 1020. The molecule has 3 heteroatoms. The molecule has 0 amide bonds. The van der Waals surface area contributed by atoms with Crippen molar-refractivity contribution < 1.29 is 0 Å². The van der Waals surface area contributed by atoms with Crippen molar-refractivity contribution in [2.45, 2.75) is 13.3 Å². The monoisotopic (exact) mass is 376 g/mol. The zero-order valence-electron chi connectivity index (χ0n) is 13.4. The van der Waals surface area contributed by atoms with E-state index in [4.69, 9.17) is 4.98 Å². The SMILES string of the molecule is Cc1cccc(-c2nc3c(Cc4ccccc4Br)cccc3[nH]2)c1. The van der Waals surface area contributed by atoms with Gasteiger partial charge in [0, 0.05) is 16.5 Å². The van der Waals surface area contributed by atoms with Crippen LogP contribution in [0.3, 0.4) is 0 Å². The van der Waals surface area contributed by atoms with E-state index in [0.717, 1.165) is 33.3 Å². The third-order valence-corrected chi connectivity index (χ3v) is 5.00. The third-order valence-electron chi connectivity index (χ3n) is 4.23. The summed E-state index contributed by atoms with van der Waals surface area (Å²) in [5.41, 5.74) is 6.99. The van der Waals surface area contributed by atoms with Crippen LogP contribution in [0.25, 0.3) is 22.4 Å². The highest BCUT2D eigenvalue weighted by Gasteiger charge is 2.10. The minimum absolute atomic E-state index is 0.858. The first kappa shape index (κ1) is 15.2. The molecule has 24 heavy (non-hydrogen) atoms. The molecule has 0 saturated heterocycles. The second kappa shape index (κ2) is 6.25. The van der Waals surface area contributed by atoms with E-state index in [1.165, 1.54) is 16.7 Å². The molecule has 3 aromatic carbocycles. The van der Waals surface area contributed by atoms with E-state index in [1.54, 1.807) is 0 Å². The van der Waals surface area contributed by atoms with E-state index < -0.39 is 0 Å². The van der Waals surface area contributed by atoms with Gasteiger partial charge in [-0.05, 0) is 36.2 Å². The minimum Gasteiger partial charge on any atom is -0.338 e. The number of aromatic nitrogens is 2. The zero-order chi connectivity index (χ0) is 16.5. The highest BCUT2D eigenvalue weighted by atomic mass is 79.9. The Morgan fingerprint density at radius 1 is 0.917 bits per heavy atom. The molecule has 118 valence electrons. The molecular formula is C21H17BrN2. The fourth-order valence-electron chi connectivity index (χ4n) is 3.01. The van der Waals surface area contributed by atoms with Crippen LogP contribution in [-0.4, -0.2) is 9.97 Å². The molecule has 0 fully saturated rings. The number of aryl methyl sites for hydroxylation is 1. The van der Waals surface area contributed by atoms with Gasteiger partial charge in [0.2, 0.25) is 0 Å². The largest absolute Gasteiger partial charge is 0.338 e. The molecular weight excluding hydrogens is 360 g/mol. The summed E-state index contributed by atoms with van der Waals surface area (Å²) in [7, 11) is 0. The van der Waals surface area contributed by atoms with E-state index in [2.05, 4.69) is 88.5 Å². The fraction of sp³-hybridized carbons (Fsp3) is 0.0952. The first-order chi connectivity index (χ1) is 11.7. The summed E-state index contributed by atoms with van der Waals surface area (Å²) in [4.78, 5) is 8.34. The van der Waals surface area contributed by atoms with E-state index >= 15 is 0 Å². The lowest BCUT2D eigenvalue weighted by molar-refractivity contribution is 1.19. The lowest BCUT2D eigenvalue weighted by Gasteiger charge is -2.05. The number of nitrogens with one attached hydrogen (secondary N) is 1. The van der Waals surface area contributed by atoms with Gasteiger partial charge in [-0.15, -0.1) is 0 Å². The number of halogens is 1. The van der Waals surface area contributed by atoms with Crippen LogP contribution >= 0.6 is 15.9 Å². The van der Waals surface area contributed by atoms with Gasteiger partial charge < -0.3 is 4.98 Å². The van der Waals surface area contributed by atoms with Gasteiger partial charge in [0.05, 0.1) is 11.0 Å². The third kappa shape index (κ3) is 2.87. The van der Waals surface area contributed by atoms with Crippen LogP contribution in [0.4, 0.5) is 0 Å². The van der Waals surface area contributed by atoms with Gasteiger partial charge in [-0.25, -0.2) is 4.98 Å². The molecule has 1 heterocycles. The maximum Gasteiger partial charge on any atom is 0.138 e. The Balaban J connectivity index is 1.79. The Morgan fingerprint density at radius 2 is 1.71 bits per heavy atom. The van der Waals surface area contributed by atoms with Gasteiger partial charge in [0.15, 0.2) is 0 Å². The zero-order valence-corrected chi connectivity index (χ0v) is 15.0. The highest BCUT2D eigenvalue weighted by molar-refractivity contribution is 9.10. The molecule has 0 aliphatic heterocycles. The number of fused-ring (bicyclic) bond motifs is 1. The predicted molar refractivity (Wildman–Crippen MR) is 103 cm³/mol. The molecule has 0 atom stereocenters. The van der Waals surface area contributed by atoms with Crippen LogP contribution in [0.1, 0.15) is 16.7 Å². The number of H-pyrrole nitrogens is 1. The predicted octanol–water partition coefficient (Wildman–Crippen LogP) is 5.89. The average Bonchev–Trinajstić information content (AvgIpc) is 3.02. The number of aromatic amines is 1. The van der Waals surface area contributed by atoms with E-state index in [9.17, 15) is 0 Å². The molecule has 0 unspecified atom stereocenters. The van der Waals surface area contributed by atoms with Crippen LogP contribution in [0, 0.1) is 6.92 Å². The highest BCUT2D eigenvalue weighted by Crippen LogP contribution is 2.26. The Hall–Kier alpha value is -2.39. The van der Waals surface area contributed by atoms with Crippen molar-refractivity contribution in [1.82, 2.24) is 9.97 Å². The minimum atomic E-state index is 0.858. The summed E-state index contributed by atoms with van der Waals surface area (Å²) in [6, 6.07) is 23.1. The molecule has 0 spiro atoms.